The van der Waals surface area contributed by atoms with Crippen molar-refractivity contribution in [3.8, 4) is 0 Å². The minimum absolute atomic E-state index is 0. The molecule has 0 fully saturated rings. The molecule has 0 aliphatic rings. The van der Waals surface area contributed by atoms with E-state index in [4.69, 9.17) is 0 Å². The lowest BCUT2D eigenvalue weighted by Gasteiger charge is -1.77. The van der Waals surface area contributed by atoms with Crippen LogP contribution in [0, 0.1) is 0 Å². The van der Waals surface area contributed by atoms with Crippen molar-refractivity contribution in [2.24, 2.45) is 7.05 Å². The van der Waals surface area contributed by atoms with Crippen LogP contribution < -0.4 is 28.4 Å². The SMILES string of the molecule is Cn1c[n+]2ccccc2n1.[I-]. The first-order valence-corrected chi connectivity index (χ1v) is 3.16. The van der Waals surface area contributed by atoms with Crippen molar-refractivity contribution in [2.75, 3.05) is 0 Å². The smallest absolute Gasteiger partial charge is 0.305 e. The summed E-state index contributed by atoms with van der Waals surface area (Å²) in [7, 11) is 1.91. The van der Waals surface area contributed by atoms with Gasteiger partial charge in [-0.2, -0.15) is 0 Å². The van der Waals surface area contributed by atoms with E-state index in [0.717, 1.165) is 5.65 Å². The first-order chi connectivity index (χ1) is 4.86. The topological polar surface area (TPSA) is 21.9 Å². The van der Waals surface area contributed by atoms with E-state index in [2.05, 4.69) is 5.10 Å². The summed E-state index contributed by atoms with van der Waals surface area (Å²) in [6.07, 6.45) is 3.90. The number of hydrogen-bond acceptors (Lipinski definition) is 1. The Labute approximate surface area is 81.7 Å². The van der Waals surface area contributed by atoms with Gasteiger partial charge >= 0.3 is 5.65 Å². The fraction of sp³-hybridized carbons (Fsp3) is 0.143. The van der Waals surface area contributed by atoms with E-state index in [1.807, 2.05) is 42.2 Å². The number of hydrogen-bond donors (Lipinski definition) is 0. The number of nitrogens with zero attached hydrogens (tertiary/aromatic N) is 3. The Morgan fingerprint density at radius 2 is 2.27 bits per heavy atom. The Bertz CT molecular complexity index is 322. The standard InChI is InChI=1S/C7H8N3.HI/c1-9-6-10-5-3-2-4-7(10)8-9;/h2-6H,1H3;1H/q+1;/p-1. The average molecular weight is 261 g/mol. The molecule has 0 aliphatic heterocycles. The Hall–Kier alpha value is -0.650. The third-order valence-corrected chi connectivity index (χ3v) is 1.42. The Kier molecular flexibility index (Phi) is 2.43. The zero-order chi connectivity index (χ0) is 6.97. The zero-order valence-corrected chi connectivity index (χ0v) is 8.26. The molecule has 0 saturated carbocycles. The van der Waals surface area contributed by atoms with Crippen LogP contribution in [0.2, 0.25) is 0 Å². The summed E-state index contributed by atoms with van der Waals surface area (Å²) in [5.41, 5.74) is 0.977. The van der Waals surface area contributed by atoms with Crippen molar-refractivity contribution >= 4 is 5.65 Å². The number of aromatic nitrogens is 3. The van der Waals surface area contributed by atoms with Crippen molar-refractivity contribution in [3.05, 3.63) is 30.7 Å². The predicted octanol–water partition coefficient (Wildman–Crippen LogP) is -2.84. The van der Waals surface area contributed by atoms with Gasteiger partial charge in [0.25, 0.3) is 0 Å². The lowest BCUT2D eigenvalue weighted by molar-refractivity contribution is -0.513. The summed E-state index contributed by atoms with van der Waals surface area (Å²) in [5.74, 6) is 0. The normalized spacial score (nSPS) is 9.55. The van der Waals surface area contributed by atoms with E-state index < -0.39 is 0 Å². The van der Waals surface area contributed by atoms with Crippen molar-refractivity contribution in [1.82, 2.24) is 9.78 Å². The van der Waals surface area contributed by atoms with Crippen LogP contribution >= 0.6 is 0 Å². The molecule has 11 heavy (non-hydrogen) atoms. The zero-order valence-electron chi connectivity index (χ0n) is 6.11. The maximum absolute atomic E-state index is 4.19. The molecule has 0 saturated heterocycles. The summed E-state index contributed by atoms with van der Waals surface area (Å²) in [6, 6.07) is 5.93. The highest BCUT2D eigenvalue weighted by atomic mass is 127. The second-order valence-electron chi connectivity index (χ2n) is 2.26. The molecule has 58 valence electrons. The summed E-state index contributed by atoms with van der Waals surface area (Å²) in [6.45, 7) is 0. The molecule has 0 radical (unpaired) electrons. The molecule has 2 aromatic heterocycles. The fourth-order valence-corrected chi connectivity index (χ4v) is 0.997. The van der Waals surface area contributed by atoms with E-state index in [-0.39, 0.29) is 24.0 Å². The summed E-state index contributed by atoms with van der Waals surface area (Å²) >= 11 is 0. The first kappa shape index (κ1) is 8.45. The number of halogens is 1. The molecule has 3 nitrogen and oxygen atoms in total. The van der Waals surface area contributed by atoms with E-state index in [9.17, 15) is 0 Å². The van der Waals surface area contributed by atoms with Gasteiger partial charge in [-0.3, -0.25) is 0 Å². The molecule has 0 unspecified atom stereocenters. The van der Waals surface area contributed by atoms with Crippen LogP contribution in [-0.4, -0.2) is 9.78 Å². The van der Waals surface area contributed by atoms with Crippen LogP contribution in [0.5, 0.6) is 0 Å². The molecule has 2 rings (SSSR count). The minimum atomic E-state index is 0. The summed E-state index contributed by atoms with van der Waals surface area (Å²) in [5, 5.41) is 4.19. The lowest BCUT2D eigenvalue weighted by Crippen LogP contribution is -3.00. The summed E-state index contributed by atoms with van der Waals surface area (Å²) in [4.78, 5) is 0. The molecule has 0 amide bonds. The van der Waals surface area contributed by atoms with Gasteiger partial charge in [0.1, 0.15) is 0 Å². The quantitative estimate of drug-likeness (QED) is 0.370. The number of aryl methyl sites for hydroxylation is 1. The third-order valence-electron chi connectivity index (χ3n) is 1.42. The van der Waals surface area contributed by atoms with Crippen LogP contribution in [0.1, 0.15) is 0 Å². The molecule has 0 spiro atoms. The highest BCUT2D eigenvalue weighted by Crippen LogP contribution is 1.87. The number of fused-ring (bicyclic) bond motifs is 1. The monoisotopic (exact) mass is 261 g/mol. The predicted molar refractivity (Wildman–Crippen MR) is 36.4 cm³/mol. The largest absolute Gasteiger partial charge is 1.00 e. The van der Waals surface area contributed by atoms with Gasteiger partial charge in [-0.25, -0.2) is 4.40 Å². The summed E-state index contributed by atoms with van der Waals surface area (Å²) < 4.78 is 3.76. The van der Waals surface area contributed by atoms with E-state index in [1.165, 1.54) is 0 Å². The molecule has 4 heteroatoms. The fourth-order valence-electron chi connectivity index (χ4n) is 0.997. The Morgan fingerprint density at radius 3 is 3.00 bits per heavy atom. The minimum Gasteiger partial charge on any atom is -1.00 e. The molecule has 2 aromatic rings. The van der Waals surface area contributed by atoms with Crippen molar-refractivity contribution < 1.29 is 28.4 Å². The van der Waals surface area contributed by atoms with Gasteiger partial charge < -0.3 is 24.0 Å². The molecule has 0 atom stereocenters. The number of pyridine rings is 1. The van der Waals surface area contributed by atoms with E-state index in [1.54, 1.807) is 4.68 Å². The second-order valence-corrected chi connectivity index (χ2v) is 2.26. The maximum Gasteiger partial charge on any atom is 0.305 e. The van der Waals surface area contributed by atoms with Gasteiger partial charge in [-0.15, -0.1) is 4.68 Å². The highest BCUT2D eigenvalue weighted by Gasteiger charge is 2.01. The highest BCUT2D eigenvalue weighted by molar-refractivity contribution is 5.25. The third kappa shape index (κ3) is 1.50. The van der Waals surface area contributed by atoms with Crippen LogP contribution in [0.25, 0.3) is 5.65 Å². The molecule has 0 bridgehead atoms. The Morgan fingerprint density at radius 1 is 1.45 bits per heavy atom. The Balaban J connectivity index is 0.000000605. The molecule has 0 N–H and O–H groups in total. The molecule has 0 aromatic carbocycles. The van der Waals surface area contributed by atoms with Gasteiger partial charge in [-0.05, 0) is 6.07 Å². The number of rotatable bonds is 0. The van der Waals surface area contributed by atoms with E-state index >= 15 is 0 Å². The van der Waals surface area contributed by atoms with Gasteiger partial charge in [0.2, 0.25) is 6.33 Å². The van der Waals surface area contributed by atoms with Crippen molar-refractivity contribution in [1.29, 1.82) is 0 Å². The van der Waals surface area contributed by atoms with Gasteiger partial charge in [0.15, 0.2) is 0 Å². The molecular weight excluding hydrogens is 253 g/mol. The van der Waals surface area contributed by atoms with Crippen LogP contribution in [0.4, 0.5) is 0 Å². The van der Waals surface area contributed by atoms with Gasteiger partial charge in [-0.1, -0.05) is 6.07 Å². The van der Waals surface area contributed by atoms with Crippen LogP contribution in [-0.2, 0) is 7.05 Å². The average Bonchev–Trinajstić information content (AvgIpc) is 2.27. The van der Waals surface area contributed by atoms with E-state index in [0.29, 0.717) is 0 Å². The van der Waals surface area contributed by atoms with Gasteiger partial charge in [0.05, 0.1) is 13.2 Å². The van der Waals surface area contributed by atoms with Crippen molar-refractivity contribution in [3.63, 3.8) is 0 Å². The lowest BCUT2D eigenvalue weighted by atomic mass is 10.5. The van der Waals surface area contributed by atoms with Crippen LogP contribution in [0.3, 0.4) is 0 Å². The maximum atomic E-state index is 4.19. The van der Waals surface area contributed by atoms with Crippen LogP contribution in [0.15, 0.2) is 30.7 Å². The van der Waals surface area contributed by atoms with Gasteiger partial charge in [0, 0.05) is 11.2 Å². The molecule has 0 aliphatic carbocycles. The molecular formula is C7H8IN3. The first-order valence-electron chi connectivity index (χ1n) is 3.16. The van der Waals surface area contributed by atoms with Crippen molar-refractivity contribution in [2.45, 2.75) is 0 Å². The second kappa shape index (κ2) is 3.17. The molecule has 2 heterocycles.